The van der Waals surface area contributed by atoms with Gasteiger partial charge in [-0.2, -0.15) is 0 Å². The van der Waals surface area contributed by atoms with Gasteiger partial charge in [0, 0.05) is 21.7 Å². The minimum absolute atomic E-state index is 0.852. The highest BCUT2D eigenvalue weighted by Crippen LogP contribution is 2.09. The Morgan fingerprint density at radius 3 is 3.00 bits per heavy atom. The molecule has 0 radical (unpaired) electrons. The molecule has 66 valence electrons. The van der Waals surface area contributed by atoms with Crippen molar-refractivity contribution in [1.29, 1.82) is 0 Å². The Morgan fingerprint density at radius 1 is 1.23 bits per heavy atom. The molecule has 0 bridgehead atoms. The molecular weight excluding hydrogens is 275 g/mol. The summed E-state index contributed by atoms with van der Waals surface area (Å²) in [6.45, 7) is 0. The second kappa shape index (κ2) is 4.00. The van der Waals surface area contributed by atoms with Gasteiger partial charge in [-0.1, -0.05) is 22.6 Å². The molecule has 13 heavy (non-hydrogen) atoms. The van der Waals surface area contributed by atoms with Gasteiger partial charge in [-0.15, -0.1) is 0 Å². The number of fused-ring (bicyclic) bond motifs is 1. The summed E-state index contributed by atoms with van der Waals surface area (Å²) in [5.41, 5.74) is 1.98. The van der Waals surface area contributed by atoms with Crippen LogP contribution in [0.5, 0.6) is 0 Å². The Morgan fingerprint density at radius 2 is 2.15 bits per heavy atom. The van der Waals surface area contributed by atoms with Gasteiger partial charge in [-0.05, 0) is 30.7 Å². The van der Waals surface area contributed by atoms with Crippen molar-refractivity contribution in [2.75, 3.05) is 4.43 Å². The molecule has 0 atom stereocenters. The molecule has 0 saturated carbocycles. The van der Waals surface area contributed by atoms with Crippen molar-refractivity contribution >= 4 is 33.6 Å². The first kappa shape index (κ1) is 8.87. The van der Waals surface area contributed by atoms with E-state index in [0.29, 0.717) is 0 Å². The van der Waals surface area contributed by atoms with Crippen molar-refractivity contribution < 1.29 is 0 Å². The predicted octanol–water partition coefficient (Wildman–Crippen LogP) is 2.61. The Kier molecular flexibility index (Phi) is 2.73. The molecule has 3 heteroatoms. The first-order valence-corrected chi connectivity index (χ1v) is 5.69. The Hall–Kier alpha value is -0.710. The fourth-order valence-corrected chi connectivity index (χ4v) is 1.78. The van der Waals surface area contributed by atoms with Crippen molar-refractivity contribution in [3.8, 4) is 0 Å². The maximum absolute atomic E-state index is 4.45. The smallest absolute Gasteiger partial charge is 0.159 e. The van der Waals surface area contributed by atoms with E-state index >= 15 is 0 Å². The molecule has 0 N–H and O–H groups in total. The van der Waals surface area contributed by atoms with E-state index in [9.17, 15) is 0 Å². The third kappa shape index (κ3) is 1.96. The first-order chi connectivity index (χ1) is 6.40. The molecular formula is C10H9IN2. The van der Waals surface area contributed by atoms with E-state index < -0.39 is 0 Å². The lowest BCUT2D eigenvalue weighted by atomic mass is 10.2. The summed E-state index contributed by atoms with van der Waals surface area (Å²) in [7, 11) is 0. The highest BCUT2D eigenvalue weighted by molar-refractivity contribution is 14.1. The quantitative estimate of drug-likeness (QED) is 0.626. The summed E-state index contributed by atoms with van der Waals surface area (Å²) in [4.78, 5) is 8.66. The lowest BCUT2D eigenvalue weighted by Gasteiger charge is -1.99. The van der Waals surface area contributed by atoms with Crippen molar-refractivity contribution in [2.45, 2.75) is 6.42 Å². The summed E-state index contributed by atoms with van der Waals surface area (Å²) in [5.74, 6) is 0. The van der Waals surface area contributed by atoms with E-state index in [2.05, 4.69) is 44.7 Å². The van der Waals surface area contributed by atoms with E-state index in [1.165, 1.54) is 0 Å². The average Bonchev–Trinajstić information content (AvgIpc) is 2.18. The van der Waals surface area contributed by atoms with Crippen LogP contribution in [-0.2, 0) is 6.42 Å². The number of hydrogen-bond donors (Lipinski definition) is 0. The molecule has 0 aliphatic carbocycles. The van der Waals surface area contributed by atoms with Gasteiger partial charge >= 0.3 is 0 Å². The predicted molar refractivity (Wildman–Crippen MR) is 62.1 cm³/mol. The number of nitrogens with zero attached hydrogens (tertiary/aromatic N) is 2. The van der Waals surface area contributed by atoms with Crippen molar-refractivity contribution in [2.24, 2.45) is 0 Å². The summed E-state index contributed by atoms with van der Waals surface area (Å²) in [5, 5.41) is 1.11. The van der Waals surface area contributed by atoms with Crippen LogP contribution in [0, 0.1) is 0 Å². The van der Waals surface area contributed by atoms with Crippen molar-refractivity contribution in [1.82, 2.24) is 9.97 Å². The van der Waals surface area contributed by atoms with Crippen LogP contribution in [0.1, 0.15) is 5.69 Å². The first-order valence-electron chi connectivity index (χ1n) is 4.17. The van der Waals surface area contributed by atoms with Gasteiger partial charge in [-0.3, -0.25) is 0 Å². The molecule has 0 fully saturated rings. The van der Waals surface area contributed by atoms with Crippen molar-refractivity contribution in [3.05, 3.63) is 36.2 Å². The van der Waals surface area contributed by atoms with Crippen LogP contribution in [0.3, 0.4) is 0 Å². The van der Waals surface area contributed by atoms with Gasteiger partial charge in [-0.25, -0.2) is 9.97 Å². The zero-order valence-electron chi connectivity index (χ0n) is 7.07. The number of hydrogen-bond acceptors (Lipinski definition) is 2. The highest BCUT2D eigenvalue weighted by Gasteiger charge is 1.97. The van der Waals surface area contributed by atoms with Gasteiger partial charge in [0.15, 0.2) is 5.65 Å². The number of halogens is 1. The van der Waals surface area contributed by atoms with Crippen molar-refractivity contribution in [3.63, 3.8) is 0 Å². The third-order valence-electron chi connectivity index (χ3n) is 1.87. The topological polar surface area (TPSA) is 25.8 Å². The van der Waals surface area contributed by atoms with Crippen LogP contribution < -0.4 is 0 Å². The number of aromatic nitrogens is 2. The second-order valence-electron chi connectivity index (χ2n) is 2.79. The monoisotopic (exact) mass is 284 g/mol. The summed E-state index contributed by atoms with van der Waals surface area (Å²) < 4.78 is 1.10. The zero-order valence-corrected chi connectivity index (χ0v) is 9.23. The molecule has 2 heterocycles. The molecule has 2 aromatic rings. The van der Waals surface area contributed by atoms with Crippen LogP contribution in [0.2, 0.25) is 0 Å². The SMILES string of the molecule is ICCc1ccc2cccnc2n1. The average molecular weight is 284 g/mol. The van der Waals surface area contributed by atoms with Crippen LogP contribution in [0.25, 0.3) is 11.0 Å². The van der Waals surface area contributed by atoms with Gasteiger partial charge in [0.25, 0.3) is 0 Å². The molecule has 2 rings (SSSR count). The normalized spacial score (nSPS) is 10.5. The van der Waals surface area contributed by atoms with E-state index in [4.69, 9.17) is 0 Å². The lowest BCUT2D eigenvalue weighted by Crippen LogP contribution is -1.92. The van der Waals surface area contributed by atoms with E-state index in [-0.39, 0.29) is 0 Å². The summed E-state index contributed by atoms with van der Waals surface area (Å²) >= 11 is 2.35. The van der Waals surface area contributed by atoms with E-state index in [1.54, 1.807) is 6.20 Å². The van der Waals surface area contributed by atoms with Gasteiger partial charge < -0.3 is 0 Å². The fourth-order valence-electron chi connectivity index (χ4n) is 1.23. The summed E-state index contributed by atoms with van der Waals surface area (Å²) in [6, 6.07) is 8.12. The fraction of sp³-hybridized carbons (Fsp3) is 0.200. The van der Waals surface area contributed by atoms with Crippen LogP contribution >= 0.6 is 22.6 Å². The largest absolute Gasteiger partial charge is 0.237 e. The Labute approximate surface area is 90.5 Å². The van der Waals surface area contributed by atoms with E-state index in [0.717, 1.165) is 27.6 Å². The van der Waals surface area contributed by atoms with Crippen LogP contribution in [-0.4, -0.2) is 14.4 Å². The number of aryl methyl sites for hydroxylation is 1. The molecule has 0 amide bonds. The van der Waals surface area contributed by atoms with Gasteiger partial charge in [0.2, 0.25) is 0 Å². The molecule has 0 saturated heterocycles. The second-order valence-corrected chi connectivity index (χ2v) is 3.87. The molecule has 0 aliphatic heterocycles. The van der Waals surface area contributed by atoms with E-state index in [1.807, 2.05) is 12.1 Å². The molecule has 0 aromatic carbocycles. The minimum atomic E-state index is 0.852. The molecule has 2 nitrogen and oxygen atoms in total. The molecule has 0 unspecified atom stereocenters. The minimum Gasteiger partial charge on any atom is -0.237 e. The third-order valence-corrected chi connectivity index (χ3v) is 2.41. The highest BCUT2D eigenvalue weighted by atomic mass is 127. The number of alkyl halides is 1. The number of pyridine rings is 2. The molecule has 2 aromatic heterocycles. The summed E-state index contributed by atoms with van der Waals surface area (Å²) in [6.07, 6.45) is 2.80. The Balaban J connectivity index is 2.49. The standard InChI is InChI=1S/C10H9IN2/c11-6-5-9-4-3-8-2-1-7-12-10(8)13-9/h1-4,7H,5-6H2. The zero-order chi connectivity index (χ0) is 9.10. The van der Waals surface area contributed by atoms with Gasteiger partial charge in [0.1, 0.15) is 0 Å². The Bertz CT molecular complexity index is 414. The lowest BCUT2D eigenvalue weighted by molar-refractivity contribution is 1.07. The number of rotatable bonds is 2. The maximum atomic E-state index is 4.45. The molecule has 0 aliphatic rings. The van der Waals surface area contributed by atoms with Crippen LogP contribution in [0.4, 0.5) is 0 Å². The van der Waals surface area contributed by atoms with Gasteiger partial charge in [0.05, 0.1) is 0 Å². The molecule has 0 spiro atoms. The van der Waals surface area contributed by atoms with Crippen LogP contribution in [0.15, 0.2) is 30.5 Å². The maximum Gasteiger partial charge on any atom is 0.159 e.